The first kappa shape index (κ1) is 23.5. The number of amides is 2. The minimum Gasteiger partial charge on any atom is -0.390 e. The van der Waals surface area contributed by atoms with Gasteiger partial charge in [-0.1, -0.05) is 11.6 Å². The SMILES string of the molecule is Cn1nc(C(F)(F)C(F)(F)F)c(I)c1OC(=O)Nc1ccc(Cl)c(C(=O)NC2CC2)c1. The highest BCUT2D eigenvalue weighted by atomic mass is 127. The first-order valence-electron chi connectivity index (χ1n) is 8.58. The zero-order valence-electron chi connectivity index (χ0n) is 15.5. The lowest BCUT2D eigenvalue weighted by atomic mass is 10.2. The van der Waals surface area contributed by atoms with Gasteiger partial charge < -0.3 is 10.1 Å². The van der Waals surface area contributed by atoms with E-state index in [0.29, 0.717) is 4.68 Å². The van der Waals surface area contributed by atoms with Crippen molar-refractivity contribution in [3.63, 3.8) is 0 Å². The Kier molecular flexibility index (Phi) is 6.37. The molecule has 1 aliphatic carbocycles. The Morgan fingerprint density at radius 2 is 1.90 bits per heavy atom. The van der Waals surface area contributed by atoms with Crippen LogP contribution in [-0.2, 0) is 13.0 Å². The van der Waals surface area contributed by atoms with Crippen molar-refractivity contribution >= 4 is 51.9 Å². The molecule has 1 aromatic carbocycles. The lowest BCUT2D eigenvalue weighted by Crippen LogP contribution is -2.34. The van der Waals surface area contributed by atoms with Gasteiger partial charge in [0.25, 0.3) is 5.91 Å². The molecule has 0 unspecified atom stereocenters. The molecule has 14 heteroatoms. The quantitative estimate of drug-likeness (QED) is 0.393. The van der Waals surface area contributed by atoms with Crippen molar-refractivity contribution in [1.82, 2.24) is 15.1 Å². The van der Waals surface area contributed by atoms with E-state index in [-0.39, 0.29) is 22.3 Å². The summed E-state index contributed by atoms with van der Waals surface area (Å²) in [5, 5.41) is 8.28. The molecule has 1 heterocycles. The molecule has 0 aliphatic heterocycles. The van der Waals surface area contributed by atoms with Gasteiger partial charge in [-0.2, -0.15) is 27.1 Å². The van der Waals surface area contributed by atoms with Crippen molar-refractivity contribution in [2.45, 2.75) is 31.0 Å². The van der Waals surface area contributed by atoms with Gasteiger partial charge in [-0.15, -0.1) is 0 Å². The van der Waals surface area contributed by atoms with Gasteiger partial charge >= 0.3 is 18.2 Å². The number of aryl methyl sites for hydroxylation is 1. The fraction of sp³-hybridized carbons (Fsp3) is 0.353. The number of carbonyl (C=O) groups excluding carboxylic acids is 2. The summed E-state index contributed by atoms with van der Waals surface area (Å²) in [6, 6.07) is 4.06. The Morgan fingerprint density at radius 1 is 1.26 bits per heavy atom. The Balaban J connectivity index is 1.76. The van der Waals surface area contributed by atoms with E-state index < -0.39 is 39.2 Å². The predicted molar refractivity (Wildman–Crippen MR) is 107 cm³/mol. The number of nitrogens with one attached hydrogen (secondary N) is 2. The van der Waals surface area contributed by atoms with E-state index in [1.165, 1.54) is 40.8 Å². The van der Waals surface area contributed by atoms with Gasteiger partial charge in [0, 0.05) is 18.8 Å². The summed E-state index contributed by atoms with van der Waals surface area (Å²) in [6.07, 6.45) is -5.36. The number of aromatic nitrogens is 2. The van der Waals surface area contributed by atoms with E-state index in [4.69, 9.17) is 16.3 Å². The standard InChI is InChI=1S/C17H13ClF5IN4O3/c1-28-14(11(24)12(27-28)16(19,20)17(21,22)23)31-15(30)26-8-4-5-10(18)9(6-8)13(29)25-7-2-3-7/h4-7H,2-3H2,1H3,(H,25,29)(H,26,30). The molecule has 0 spiro atoms. The molecule has 1 aromatic heterocycles. The molecular weight excluding hydrogens is 566 g/mol. The van der Waals surface area contributed by atoms with Gasteiger partial charge in [0.05, 0.1) is 10.6 Å². The third-order valence-corrected chi connectivity index (χ3v) is 5.45. The lowest BCUT2D eigenvalue weighted by Gasteiger charge is -2.17. The fourth-order valence-electron chi connectivity index (χ4n) is 2.43. The van der Waals surface area contributed by atoms with E-state index in [1.54, 1.807) is 0 Å². The molecule has 7 nitrogen and oxygen atoms in total. The van der Waals surface area contributed by atoms with Gasteiger partial charge in [-0.3, -0.25) is 10.1 Å². The van der Waals surface area contributed by atoms with Crippen LogP contribution in [0.25, 0.3) is 0 Å². The van der Waals surface area contributed by atoms with Crippen molar-refractivity contribution in [2.24, 2.45) is 7.05 Å². The van der Waals surface area contributed by atoms with Crippen molar-refractivity contribution in [1.29, 1.82) is 0 Å². The van der Waals surface area contributed by atoms with E-state index in [1.807, 2.05) is 0 Å². The third kappa shape index (κ3) is 5.02. The summed E-state index contributed by atoms with van der Waals surface area (Å²) in [7, 11) is 1.04. The highest BCUT2D eigenvalue weighted by molar-refractivity contribution is 14.1. The van der Waals surface area contributed by atoms with Crippen molar-refractivity contribution in [3.8, 4) is 5.88 Å². The lowest BCUT2D eigenvalue weighted by molar-refractivity contribution is -0.291. The molecule has 0 bridgehead atoms. The number of alkyl halides is 5. The van der Waals surface area contributed by atoms with Gasteiger partial charge in [-0.05, 0) is 53.6 Å². The number of nitrogens with zero attached hydrogens (tertiary/aromatic N) is 2. The van der Waals surface area contributed by atoms with Crippen LogP contribution in [0, 0.1) is 3.57 Å². The van der Waals surface area contributed by atoms with Gasteiger partial charge in [-0.25, -0.2) is 9.48 Å². The third-order valence-electron chi connectivity index (χ3n) is 4.15. The zero-order valence-corrected chi connectivity index (χ0v) is 18.4. The second-order valence-electron chi connectivity index (χ2n) is 6.62. The smallest absolute Gasteiger partial charge is 0.390 e. The highest BCUT2D eigenvalue weighted by Gasteiger charge is 2.62. The highest BCUT2D eigenvalue weighted by Crippen LogP contribution is 2.46. The van der Waals surface area contributed by atoms with Crippen LogP contribution in [0.15, 0.2) is 18.2 Å². The zero-order chi connectivity index (χ0) is 23.1. The molecular formula is C17H13ClF5IN4O3. The molecule has 31 heavy (non-hydrogen) atoms. The maximum absolute atomic E-state index is 13.6. The molecule has 0 radical (unpaired) electrons. The summed E-state index contributed by atoms with van der Waals surface area (Å²) in [4.78, 5) is 24.4. The molecule has 2 aromatic rings. The van der Waals surface area contributed by atoms with Crippen LogP contribution in [0.3, 0.4) is 0 Å². The van der Waals surface area contributed by atoms with Gasteiger partial charge in [0.2, 0.25) is 5.88 Å². The van der Waals surface area contributed by atoms with Crippen LogP contribution in [0.1, 0.15) is 28.9 Å². The maximum Gasteiger partial charge on any atom is 0.459 e. The van der Waals surface area contributed by atoms with Gasteiger partial charge in [0.15, 0.2) is 5.69 Å². The topological polar surface area (TPSA) is 85.2 Å². The Hall–Kier alpha value is -2.16. The summed E-state index contributed by atoms with van der Waals surface area (Å²) in [5.74, 6) is -6.29. The summed E-state index contributed by atoms with van der Waals surface area (Å²) in [6.45, 7) is 0. The summed E-state index contributed by atoms with van der Waals surface area (Å²) in [5.41, 5.74) is -1.40. The number of hydrogen-bond donors (Lipinski definition) is 2. The average molecular weight is 579 g/mol. The Labute approximate surface area is 190 Å². The van der Waals surface area contributed by atoms with Crippen LogP contribution in [0.2, 0.25) is 5.02 Å². The number of ether oxygens (including phenoxy) is 1. The molecule has 1 fully saturated rings. The Morgan fingerprint density at radius 3 is 2.48 bits per heavy atom. The first-order chi connectivity index (χ1) is 14.3. The van der Waals surface area contributed by atoms with Crippen LogP contribution in [-0.4, -0.2) is 34.0 Å². The molecule has 1 saturated carbocycles. The van der Waals surface area contributed by atoms with E-state index >= 15 is 0 Å². The first-order valence-corrected chi connectivity index (χ1v) is 10.0. The van der Waals surface area contributed by atoms with Crippen LogP contribution in [0.5, 0.6) is 5.88 Å². The largest absolute Gasteiger partial charge is 0.459 e. The number of anilines is 1. The molecule has 0 atom stereocenters. The summed E-state index contributed by atoms with van der Waals surface area (Å²) < 4.78 is 70.0. The minimum absolute atomic E-state index is 0.0704. The molecule has 2 N–H and O–H groups in total. The van der Waals surface area contributed by atoms with Crippen LogP contribution in [0.4, 0.5) is 32.4 Å². The maximum atomic E-state index is 13.6. The van der Waals surface area contributed by atoms with Crippen molar-refractivity contribution in [3.05, 3.63) is 38.0 Å². The number of halogens is 7. The molecule has 0 saturated heterocycles. The van der Waals surface area contributed by atoms with Crippen molar-refractivity contribution in [2.75, 3.05) is 5.32 Å². The monoisotopic (exact) mass is 578 g/mol. The predicted octanol–water partition coefficient (Wildman–Crippen LogP) is 4.84. The number of rotatable bonds is 5. The normalized spacial score (nSPS) is 14.3. The minimum atomic E-state index is -5.87. The Bertz CT molecular complexity index is 1040. The second kappa shape index (κ2) is 8.41. The van der Waals surface area contributed by atoms with E-state index in [2.05, 4.69) is 15.7 Å². The van der Waals surface area contributed by atoms with Crippen molar-refractivity contribution < 1.29 is 36.3 Å². The molecule has 3 rings (SSSR count). The number of hydrogen-bond acceptors (Lipinski definition) is 4. The molecule has 2 amide bonds. The number of carbonyl (C=O) groups is 2. The fourth-order valence-corrected chi connectivity index (χ4v) is 3.54. The number of benzene rings is 1. The average Bonchev–Trinajstić information content (AvgIpc) is 3.42. The van der Waals surface area contributed by atoms with Crippen LogP contribution < -0.4 is 15.4 Å². The molecule has 168 valence electrons. The van der Waals surface area contributed by atoms with E-state index in [0.717, 1.165) is 19.9 Å². The summed E-state index contributed by atoms with van der Waals surface area (Å²) >= 11 is 7.19. The second-order valence-corrected chi connectivity index (χ2v) is 8.11. The molecule has 1 aliphatic rings. The van der Waals surface area contributed by atoms with Crippen LogP contribution >= 0.6 is 34.2 Å². The van der Waals surface area contributed by atoms with Gasteiger partial charge in [0.1, 0.15) is 3.57 Å². The van der Waals surface area contributed by atoms with E-state index in [9.17, 15) is 31.5 Å².